The summed E-state index contributed by atoms with van der Waals surface area (Å²) in [6, 6.07) is 0. The molecule has 2 heteroatoms. The SMILES string of the molecule is C=CC(C(C)O)[Si](C)(C)C. The van der Waals surface area contributed by atoms with E-state index >= 15 is 0 Å². The molecule has 0 aliphatic rings. The van der Waals surface area contributed by atoms with Crippen molar-refractivity contribution < 1.29 is 5.11 Å². The number of aliphatic hydroxyl groups is 1. The molecule has 60 valence electrons. The molecule has 1 nitrogen and oxygen atoms in total. The fraction of sp³-hybridized carbons (Fsp3) is 0.750. The minimum Gasteiger partial charge on any atom is -0.393 e. The van der Waals surface area contributed by atoms with Crippen LogP contribution in [0.3, 0.4) is 0 Å². The van der Waals surface area contributed by atoms with Gasteiger partial charge in [0.1, 0.15) is 0 Å². The lowest BCUT2D eigenvalue weighted by molar-refractivity contribution is 0.196. The third kappa shape index (κ3) is 2.67. The van der Waals surface area contributed by atoms with E-state index in [1.165, 1.54) is 0 Å². The standard InChI is InChI=1S/C8H18OSi/c1-6-8(7(2)9)10(3,4)5/h6-9H,1H2,2-5H3. The summed E-state index contributed by atoms with van der Waals surface area (Å²) in [6.45, 7) is 12.3. The highest BCUT2D eigenvalue weighted by atomic mass is 28.3. The normalized spacial score (nSPS) is 18.1. The maximum Gasteiger partial charge on any atom is 0.0550 e. The molecule has 0 aliphatic heterocycles. The second kappa shape index (κ2) is 3.35. The van der Waals surface area contributed by atoms with E-state index in [0.29, 0.717) is 5.54 Å². The van der Waals surface area contributed by atoms with E-state index < -0.39 is 8.07 Å². The lowest BCUT2D eigenvalue weighted by Gasteiger charge is -2.28. The first kappa shape index (κ1) is 9.92. The highest BCUT2D eigenvalue weighted by Crippen LogP contribution is 2.25. The molecule has 0 fully saturated rings. The summed E-state index contributed by atoms with van der Waals surface area (Å²) < 4.78 is 0. The lowest BCUT2D eigenvalue weighted by Crippen LogP contribution is -2.33. The zero-order valence-corrected chi connectivity index (χ0v) is 8.39. The summed E-state index contributed by atoms with van der Waals surface area (Å²) in [5.41, 5.74) is 0.326. The quantitative estimate of drug-likeness (QED) is 0.493. The number of rotatable bonds is 3. The van der Waals surface area contributed by atoms with E-state index in [9.17, 15) is 5.11 Å². The highest BCUT2D eigenvalue weighted by molar-refractivity contribution is 6.78. The molecule has 0 aromatic rings. The van der Waals surface area contributed by atoms with Crippen LogP contribution < -0.4 is 0 Å². The Labute approximate surface area is 64.8 Å². The molecular weight excluding hydrogens is 140 g/mol. The Balaban J connectivity index is 4.21. The van der Waals surface area contributed by atoms with Crippen molar-refractivity contribution in [1.29, 1.82) is 0 Å². The van der Waals surface area contributed by atoms with E-state index in [-0.39, 0.29) is 6.10 Å². The summed E-state index contributed by atoms with van der Waals surface area (Å²) in [7, 11) is -1.22. The molecular formula is C8H18OSi. The molecule has 0 amide bonds. The van der Waals surface area contributed by atoms with Gasteiger partial charge in [-0.25, -0.2) is 0 Å². The van der Waals surface area contributed by atoms with Crippen molar-refractivity contribution in [2.45, 2.75) is 38.2 Å². The average Bonchev–Trinajstić information content (AvgIpc) is 1.60. The molecule has 0 heterocycles. The van der Waals surface area contributed by atoms with Crippen molar-refractivity contribution in [3.05, 3.63) is 12.7 Å². The van der Waals surface area contributed by atoms with Gasteiger partial charge in [0.2, 0.25) is 0 Å². The van der Waals surface area contributed by atoms with Crippen LogP contribution in [0.2, 0.25) is 25.2 Å². The summed E-state index contributed by atoms with van der Waals surface area (Å²) in [5, 5.41) is 9.31. The van der Waals surface area contributed by atoms with E-state index in [1.807, 2.05) is 13.0 Å². The Morgan fingerprint density at radius 2 is 1.80 bits per heavy atom. The molecule has 0 spiro atoms. The molecule has 2 unspecified atom stereocenters. The summed E-state index contributed by atoms with van der Waals surface area (Å²) in [4.78, 5) is 0. The van der Waals surface area contributed by atoms with Gasteiger partial charge in [-0.1, -0.05) is 25.7 Å². The molecule has 0 aromatic carbocycles. The van der Waals surface area contributed by atoms with Crippen LogP contribution in [0.4, 0.5) is 0 Å². The zero-order chi connectivity index (χ0) is 8.36. The Bertz CT molecular complexity index is 113. The predicted octanol–water partition coefficient (Wildman–Crippen LogP) is 2.26. The third-order valence-corrected chi connectivity index (χ3v) is 4.49. The van der Waals surface area contributed by atoms with Gasteiger partial charge in [0.25, 0.3) is 0 Å². The zero-order valence-electron chi connectivity index (χ0n) is 7.39. The molecule has 0 aliphatic carbocycles. The Morgan fingerprint density at radius 1 is 1.40 bits per heavy atom. The summed E-state index contributed by atoms with van der Waals surface area (Å²) in [6.07, 6.45) is 1.65. The van der Waals surface area contributed by atoms with Crippen molar-refractivity contribution >= 4 is 8.07 Å². The fourth-order valence-electron chi connectivity index (χ4n) is 1.27. The maximum absolute atomic E-state index is 9.31. The summed E-state index contributed by atoms with van der Waals surface area (Å²) in [5.74, 6) is 0. The van der Waals surface area contributed by atoms with E-state index in [2.05, 4.69) is 26.2 Å². The van der Waals surface area contributed by atoms with Gasteiger partial charge in [0.15, 0.2) is 0 Å². The van der Waals surface area contributed by atoms with Crippen molar-refractivity contribution in [3.8, 4) is 0 Å². The molecule has 0 aromatic heterocycles. The monoisotopic (exact) mass is 158 g/mol. The van der Waals surface area contributed by atoms with Gasteiger partial charge in [-0.2, -0.15) is 0 Å². The molecule has 1 N–H and O–H groups in total. The molecule has 0 radical (unpaired) electrons. The van der Waals surface area contributed by atoms with Crippen LogP contribution >= 0.6 is 0 Å². The first-order valence-corrected chi connectivity index (χ1v) is 7.28. The Kier molecular flexibility index (Phi) is 3.32. The minimum atomic E-state index is -1.22. The molecule has 10 heavy (non-hydrogen) atoms. The van der Waals surface area contributed by atoms with E-state index in [4.69, 9.17) is 0 Å². The van der Waals surface area contributed by atoms with Crippen LogP contribution in [0.1, 0.15) is 6.92 Å². The van der Waals surface area contributed by atoms with Gasteiger partial charge in [-0.15, -0.1) is 6.58 Å². The second-order valence-electron chi connectivity index (χ2n) is 3.87. The molecule has 0 saturated heterocycles. The smallest absolute Gasteiger partial charge is 0.0550 e. The minimum absolute atomic E-state index is 0.232. The number of hydrogen-bond donors (Lipinski definition) is 1. The second-order valence-corrected chi connectivity index (χ2v) is 9.27. The Morgan fingerprint density at radius 3 is 1.80 bits per heavy atom. The van der Waals surface area contributed by atoms with Crippen LogP contribution in [0, 0.1) is 0 Å². The predicted molar refractivity (Wildman–Crippen MR) is 49.0 cm³/mol. The molecule has 0 saturated carbocycles. The van der Waals surface area contributed by atoms with Gasteiger partial charge in [-0.05, 0) is 12.5 Å². The first-order chi connectivity index (χ1) is 4.39. The van der Waals surface area contributed by atoms with Gasteiger partial charge in [0, 0.05) is 0 Å². The maximum atomic E-state index is 9.31. The van der Waals surface area contributed by atoms with E-state index in [1.54, 1.807) is 0 Å². The highest BCUT2D eigenvalue weighted by Gasteiger charge is 2.27. The van der Waals surface area contributed by atoms with Gasteiger partial charge in [0.05, 0.1) is 14.2 Å². The van der Waals surface area contributed by atoms with Crippen LogP contribution in [-0.2, 0) is 0 Å². The van der Waals surface area contributed by atoms with Crippen LogP contribution in [-0.4, -0.2) is 19.3 Å². The average molecular weight is 158 g/mol. The van der Waals surface area contributed by atoms with Crippen molar-refractivity contribution in [1.82, 2.24) is 0 Å². The van der Waals surface area contributed by atoms with Crippen LogP contribution in [0.15, 0.2) is 12.7 Å². The van der Waals surface area contributed by atoms with Crippen molar-refractivity contribution in [2.75, 3.05) is 0 Å². The van der Waals surface area contributed by atoms with Crippen molar-refractivity contribution in [3.63, 3.8) is 0 Å². The van der Waals surface area contributed by atoms with Crippen LogP contribution in [0.25, 0.3) is 0 Å². The first-order valence-electron chi connectivity index (χ1n) is 3.70. The number of hydrogen-bond acceptors (Lipinski definition) is 1. The fourth-order valence-corrected chi connectivity index (χ4v) is 3.43. The summed E-state index contributed by atoms with van der Waals surface area (Å²) >= 11 is 0. The molecule has 0 rings (SSSR count). The lowest BCUT2D eigenvalue weighted by atomic mass is 10.3. The molecule has 0 bridgehead atoms. The molecule has 2 atom stereocenters. The van der Waals surface area contributed by atoms with Gasteiger partial charge < -0.3 is 5.11 Å². The van der Waals surface area contributed by atoms with E-state index in [0.717, 1.165) is 0 Å². The topological polar surface area (TPSA) is 20.2 Å². The Hall–Kier alpha value is -0.0831. The number of aliphatic hydroxyl groups excluding tert-OH is 1. The van der Waals surface area contributed by atoms with Gasteiger partial charge >= 0.3 is 0 Å². The largest absolute Gasteiger partial charge is 0.393 e. The van der Waals surface area contributed by atoms with Gasteiger partial charge in [-0.3, -0.25) is 0 Å². The third-order valence-electron chi connectivity index (χ3n) is 1.77. The van der Waals surface area contributed by atoms with Crippen molar-refractivity contribution in [2.24, 2.45) is 0 Å². The van der Waals surface area contributed by atoms with Crippen LogP contribution in [0.5, 0.6) is 0 Å².